The first-order valence-corrected chi connectivity index (χ1v) is 15.5. The number of aromatic nitrogens is 4. The fraction of sp³-hybridized carbons (Fsp3) is 0.480. The Bertz CT molecular complexity index is 1650. The first-order valence-electron chi connectivity index (χ1n) is 12.9. The maximum absolute atomic E-state index is 14.3. The summed E-state index contributed by atoms with van der Waals surface area (Å²) < 4.78 is 66.9. The highest BCUT2D eigenvalue weighted by Crippen LogP contribution is 2.37. The molecule has 0 atom stereocenters. The number of anilines is 1. The van der Waals surface area contributed by atoms with Crippen LogP contribution >= 0.6 is 11.3 Å². The van der Waals surface area contributed by atoms with Gasteiger partial charge >= 0.3 is 0 Å². The van der Waals surface area contributed by atoms with Crippen molar-refractivity contribution in [1.29, 1.82) is 0 Å². The first-order chi connectivity index (χ1) is 19.2. The number of thiophene rings is 1. The molecule has 2 saturated heterocycles. The fourth-order valence-electron chi connectivity index (χ4n) is 5.17. The molecule has 0 saturated carbocycles. The van der Waals surface area contributed by atoms with Crippen molar-refractivity contribution in [3.63, 3.8) is 0 Å². The third kappa shape index (κ3) is 5.11. The normalized spacial score (nSPS) is 17.9. The van der Waals surface area contributed by atoms with E-state index in [4.69, 9.17) is 19.4 Å². The SMILES string of the molecule is COc1cccc2c1nc(C(F)F)n2-c1nc(N2CCOCC2)c2sc(CN3CCN(S(C)(=O)=O)CC3)cc2n1. The number of imidazole rings is 1. The Kier molecular flexibility index (Phi) is 7.33. The second-order valence-electron chi connectivity index (χ2n) is 9.75. The number of sulfonamides is 1. The molecule has 0 N–H and O–H groups in total. The average molecular weight is 594 g/mol. The topological polar surface area (TPSA) is 106 Å². The summed E-state index contributed by atoms with van der Waals surface area (Å²) in [7, 11) is -1.74. The second kappa shape index (κ2) is 10.8. The molecular formula is C25H29F2N7O4S2. The van der Waals surface area contributed by atoms with Crippen molar-refractivity contribution in [1.82, 2.24) is 28.7 Å². The van der Waals surface area contributed by atoms with Crippen LogP contribution in [0.4, 0.5) is 14.6 Å². The summed E-state index contributed by atoms with van der Waals surface area (Å²) in [5, 5.41) is 0. The van der Waals surface area contributed by atoms with E-state index in [1.807, 2.05) is 6.07 Å². The largest absolute Gasteiger partial charge is 0.494 e. The molecule has 1 aromatic carbocycles. The zero-order valence-corrected chi connectivity index (χ0v) is 23.7. The third-order valence-electron chi connectivity index (χ3n) is 7.17. The van der Waals surface area contributed by atoms with Crippen molar-refractivity contribution in [3.8, 4) is 11.7 Å². The number of halogens is 2. The van der Waals surface area contributed by atoms with E-state index in [0.29, 0.717) is 87.1 Å². The summed E-state index contributed by atoms with van der Waals surface area (Å²) in [6.45, 7) is 5.07. The Labute approximate surface area is 234 Å². The van der Waals surface area contributed by atoms with E-state index < -0.39 is 22.3 Å². The molecule has 0 bridgehead atoms. The van der Waals surface area contributed by atoms with Gasteiger partial charge in [-0.15, -0.1) is 11.3 Å². The van der Waals surface area contributed by atoms with Crippen LogP contribution in [0.2, 0.25) is 0 Å². The average Bonchev–Trinajstić information content (AvgIpc) is 3.54. The molecule has 0 radical (unpaired) electrons. The smallest absolute Gasteiger partial charge is 0.296 e. The molecule has 40 heavy (non-hydrogen) atoms. The van der Waals surface area contributed by atoms with Crippen molar-refractivity contribution in [2.24, 2.45) is 0 Å². The van der Waals surface area contributed by atoms with Crippen molar-refractivity contribution >= 4 is 48.4 Å². The quantitative estimate of drug-likeness (QED) is 0.320. The number of hydrogen-bond donors (Lipinski definition) is 0. The highest BCUT2D eigenvalue weighted by molar-refractivity contribution is 7.88. The minimum Gasteiger partial charge on any atom is -0.494 e. The van der Waals surface area contributed by atoms with Gasteiger partial charge in [-0.1, -0.05) is 6.07 Å². The zero-order chi connectivity index (χ0) is 28.0. The predicted molar refractivity (Wildman–Crippen MR) is 148 cm³/mol. The van der Waals surface area contributed by atoms with Crippen LogP contribution in [0.25, 0.3) is 27.2 Å². The van der Waals surface area contributed by atoms with Crippen LogP contribution in [0.3, 0.4) is 0 Å². The summed E-state index contributed by atoms with van der Waals surface area (Å²) in [5.41, 5.74) is 1.41. The number of alkyl halides is 2. The number of piperazine rings is 1. The van der Waals surface area contributed by atoms with Gasteiger partial charge in [0.1, 0.15) is 11.3 Å². The molecule has 6 rings (SSSR count). The molecule has 4 aromatic rings. The molecule has 5 heterocycles. The van der Waals surface area contributed by atoms with Crippen LogP contribution in [0.15, 0.2) is 24.3 Å². The molecule has 2 aliphatic heterocycles. The van der Waals surface area contributed by atoms with E-state index in [1.165, 1.54) is 22.2 Å². The van der Waals surface area contributed by atoms with Crippen LogP contribution < -0.4 is 9.64 Å². The molecule has 0 aliphatic carbocycles. The van der Waals surface area contributed by atoms with Gasteiger partial charge in [0.05, 0.1) is 42.3 Å². The molecular weight excluding hydrogens is 564 g/mol. The number of hydrogen-bond acceptors (Lipinski definition) is 10. The molecule has 214 valence electrons. The Hall–Kier alpha value is -2.98. The molecule has 0 spiro atoms. The van der Waals surface area contributed by atoms with Crippen LogP contribution in [-0.2, 0) is 21.3 Å². The van der Waals surface area contributed by atoms with Crippen molar-refractivity contribution in [2.75, 3.05) is 70.7 Å². The Balaban J connectivity index is 1.43. The number of morpholine rings is 1. The van der Waals surface area contributed by atoms with Gasteiger partial charge in [-0.2, -0.15) is 9.29 Å². The van der Waals surface area contributed by atoms with Gasteiger partial charge in [0.15, 0.2) is 11.6 Å². The van der Waals surface area contributed by atoms with E-state index in [1.54, 1.807) is 29.5 Å². The summed E-state index contributed by atoms with van der Waals surface area (Å²) in [5.74, 6) is 0.727. The molecule has 15 heteroatoms. The van der Waals surface area contributed by atoms with E-state index >= 15 is 0 Å². The number of methoxy groups -OCH3 is 1. The van der Waals surface area contributed by atoms with Gasteiger partial charge in [-0.05, 0) is 18.2 Å². The summed E-state index contributed by atoms with van der Waals surface area (Å²) in [4.78, 5) is 19.2. The number of nitrogens with zero attached hydrogens (tertiary/aromatic N) is 7. The maximum Gasteiger partial charge on any atom is 0.296 e. The molecule has 3 aromatic heterocycles. The van der Waals surface area contributed by atoms with Crippen molar-refractivity contribution in [2.45, 2.75) is 13.0 Å². The van der Waals surface area contributed by atoms with Crippen LogP contribution in [-0.4, -0.2) is 103 Å². The molecule has 2 fully saturated rings. The van der Waals surface area contributed by atoms with Gasteiger partial charge in [0.25, 0.3) is 6.43 Å². The zero-order valence-electron chi connectivity index (χ0n) is 22.1. The van der Waals surface area contributed by atoms with Crippen molar-refractivity contribution < 1.29 is 26.7 Å². The van der Waals surface area contributed by atoms with E-state index in [0.717, 1.165) is 9.58 Å². The van der Waals surface area contributed by atoms with Gasteiger partial charge in [0.2, 0.25) is 16.0 Å². The molecule has 11 nitrogen and oxygen atoms in total. The van der Waals surface area contributed by atoms with E-state index in [9.17, 15) is 17.2 Å². The number of benzene rings is 1. The Morgan fingerprint density at radius 1 is 1.07 bits per heavy atom. The first kappa shape index (κ1) is 27.2. The van der Waals surface area contributed by atoms with Gasteiger partial charge in [-0.3, -0.25) is 9.47 Å². The van der Waals surface area contributed by atoms with E-state index in [-0.39, 0.29) is 5.95 Å². The molecule has 0 amide bonds. The lowest BCUT2D eigenvalue weighted by atomic mass is 10.3. The monoisotopic (exact) mass is 593 g/mol. The van der Waals surface area contributed by atoms with Gasteiger partial charge < -0.3 is 14.4 Å². The van der Waals surface area contributed by atoms with Crippen molar-refractivity contribution in [3.05, 3.63) is 35.0 Å². The lowest BCUT2D eigenvalue weighted by molar-refractivity contribution is 0.122. The maximum atomic E-state index is 14.3. The minimum atomic E-state index is -3.21. The highest BCUT2D eigenvalue weighted by atomic mass is 32.2. The lowest BCUT2D eigenvalue weighted by Crippen LogP contribution is -2.47. The third-order valence-corrected chi connectivity index (χ3v) is 9.58. The summed E-state index contributed by atoms with van der Waals surface area (Å²) in [6.07, 6.45) is -1.62. The minimum absolute atomic E-state index is 0.117. The highest BCUT2D eigenvalue weighted by Gasteiger charge is 2.28. The Morgan fingerprint density at radius 2 is 1.82 bits per heavy atom. The standard InChI is InChI=1S/C25H29F2N7O4S2/c1-37-19-5-3-4-18-20(19)29-24(22(26)27)34(18)25-28-17-14-16(15-31-6-8-33(9-7-31)40(2,35)36)39-21(17)23(30-25)32-10-12-38-13-11-32/h3-5,14,22H,6-13,15H2,1-2H3. The summed E-state index contributed by atoms with van der Waals surface area (Å²) in [6, 6.07) is 7.08. The van der Waals surface area contributed by atoms with Crippen LogP contribution in [0.5, 0.6) is 5.75 Å². The van der Waals surface area contributed by atoms with Crippen LogP contribution in [0.1, 0.15) is 17.1 Å². The van der Waals surface area contributed by atoms with Crippen LogP contribution in [0, 0.1) is 0 Å². The number of ether oxygens (including phenoxy) is 2. The number of rotatable bonds is 7. The fourth-order valence-corrected chi connectivity index (χ4v) is 7.15. The lowest BCUT2D eigenvalue weighted by Gasteiger charge is -2.32. The number of fused-ring (bicyclic) bond motifs is 2. The Morgan fingerprint density at radius 3 is 2.50 bits per heavy atom. The van der Waals surface area contributed by atoms with Gasteiger partial charge in [-0.25, -0.2) is 27.2 Å². The predicted octanol–water partition coefficient (Wildman–Crippen LogP) is 2.89. The number of para-hydroxylation sites is 1. The molecule has 0 unspecified atom stereocenters. The van der Waals surface area contributed by atoms with Gasteiger partial charge in [0, 0.05) is 50.7 Å². The van der Waals surface area contributed by atoms with E-state index in [2.05, 4.69) is 14.8 Å². The second-order valence-corrected chi connectivity index (χ2v) is 12.9. The molecule has 2 aliphatic rings. The summed E-state index contributed by atoms with van der Waals surface area (Å²) >= 11 is 1.57.